The van der Waals surface area contributed by atoms with Gasteiger partial charge < -0.3 is 0 Å². The van der Waals surface area contributed by atoms with Gasteiger partial charge in [0, 0.05) is 34.1 Å². The molecule has 2 aliphatic carbocycles. The Bertz CT molecular complexity index is 815. The van der Waals surface area contributed by atoms with E-state index in [1.807, 2.05) is 60.7 Å². The van der Waals surface area contributed by atoms with Gasteiger partial charge in [-0.25, -0.2) is 0 Å². The first kappa shape index (κ1) is 13.7. The van der Waals surface area contributed by atoms with Gasteiger partial charge in [-0.3, -0.25) is 0 Å². The average Bonchev–Trinajstić information content (AvgIpc) is 3.21. The molecule has 0 nitrogen and oxygen atoms in total. The van der Waals surface area contributed by atoms with Crippen molar-refractivity contribution in [2.24, 2.45) is 11.8 Å². The average molecular weight is 292 g/mol. The van der Waals surface area contributed by atoms with Gasteiger partial charge in [-0.05, 0) is 30.7 Å². The maximum absolute atomic E-state index is 3.39. The van der Waals surface area contributed by atoms with Crippen LogP contribution in [0.25, 0.3) is 0 Å². The largest absolute Gasteiger partial charge is 0.0796 e. The summed E-state index contributed by atoms with van der Waals surface area (Å²) < 4.78 is 0. The normalized spacial score (nSPS) is 20.7. The Hall–Kier alpha value is -2.96. The van der Waals surface area contributed by atoms with Crippen LogP contribution in [0.2, 0.25) is 0 Å². The zero-order valence-electron chi connectivity index (χ0n) is 12.8. The molecule has 0 N–H and O–H groups in total. The highest BCUT2D eigenvalue weighted by Gasteiger charge is 2.33. The number of rotatable bonds is 0. The molecule has 0 aromatic heterocycles. The Balaban J connectivity index is 1.69. The Labute approximate surface area is 137 Å². The fourth-order valence-electron chi connectivity index (χ4n) is 3.17. The molecule has 0 saturated carbocycles. The number of fused-ring (bicyclic) bond motifs is 2. The van der Waals surface area contributed by atoms with Crippen LogP contribution in [0.3, 0.4) is 0 Å². The minimum absolute atomic E-state index is 0.455. The fourth-order valence-corrected chi connectivity index (χ4v) is 3.17. The molecule has 0 radical (unpaired) electrons. The second-order valence-electron chi connectivity index (χ2n) is 5.89. The number of benzene rings is 2. The van der Waals surface area contributed by atoms with Crippen LogP contribution in [-0.4, -0.2) is 0 Å². The molecular weight excluding hydrogens is 276 g/mol. The highest BCUT2D eigenvalue weighted by atomic mass is 14.4. The summed E-state index contributed by atoms with van der Waals surface area (Å²) in [6.07, 6.45) is 5.71. The summed E-state index contributed by atoms with van der Waals surface area (Å²) in [5.41, 5.74) is 4.54. The van der Waals surface area contributed by atoms with Gasteiger partial charge >= 0.3 is 0 Å². The molecule has 2 atom stereocenters. The van der Waals surface area contributed by atoms with E-state index in [9.17, 15) is 0 Å². The summed E-state index contributed by atoms with van der Waals surface area (Å²) >= 11 is 0. The van der Waals surface area contributed by atoms with Gasteiger partial charge in [0.2, 0.25) is 0 Å². The number of hydrogen-bond acceptors (Lipinski definition) is 0. The molecule has 108 valence electrons. The topological polar surface area (TPSA) is 0 Å². The summed E-state index contributed by atoms with van der Waals surface area (Å²) in [5, 5.41) is 0. The van der Waals surface area contributed by atoms with E-state index in [-0.39, 0.29) is 0 Å². The third-order valence-corrected chi connectivity index (χ3v) is 4.35. The molecule has 0 aliphatic heterocycles. The van der Waals surface area contributed by atoms with E-state index in [1.165, 1.54) is 11.1 Å². The highest BCUT2D eigenvalue weighted by Crippen LogP contribution is 2.43. The van der Waals surface area contributed by atoms with Crippen molar-refractivity contribution in [1.29, 1.82) is 0 Å². The van der Waals surface area contributed by atoms with Crippen molar-refractivity contribution in [3.05, 3.63) is 95.1 Å². The lowest BCUT2D eigenvalue weighted by Gasteiger charge is -2.05. The Morgan fingerprint density at radius 1 is 0.565 bits per heavy atom. The van der Waals surface area contributed by atoms with Crippen molar-refractivity contribution in [1.82, 2.24) is 0 Å². The summed E-state index contributed by atoms with van der Waals surface area (Å²) in [6.45, 7) is 0. The predicted molar refractivity (Wildman–Crippen MR) is 94.4 cm³/mol. The first-order valence-corrected chi connectivity index (χ1v) is 7.97. The Morgan fingerprint density at radius 2 is 1.00 bits per heavy atom. The van der Waals surface area contributed by atoms with Gasteiger partial charge in [0.1, 0.15) is 0 Å². The van der Waals surface area contributed by atoms with Crippen molar-refractivity contribution in [3.8, 4) is 23.7 Å². The predicted octanol–water partition coefficient (Wildman–Crippen LogP) is 4.59. The van der Waals surface area contributed by atoms with Crippen molar-refractivity contribution in [3.63, 3.8) is 0 Å². The molecule has 23 heavy (non-hydrogen) atoms. The van der Waals surface area contributed by atoms with Crippen LogP contribution in [0.4, 0.5) is 0 Å². The van der Waals surface area contributed by atoms with Crippen LogP contribution in [0.15, 0.2) is 84.0 Å². The van der Waals surface area contributed by atoms with Gasteiger partial charge in [0.05, 0.1) is 0 Å². The van der Waals surface area contributed by atoms with Gasteiger partial charge in [-0.1, -0.05) is 72.2 Å². The van der Waals surface area contributed by atoms with Crippen molar-refractivity contribution >= 4 is 0 Å². The second-order valence-corrected chi connectivity index (χ2v) is 5.89. The summed E-state index contributed by atoms with van der Waals surface area (Å²) in [6, 6.07) is 20.3. The lowest BCUT2D eigenvalue weighted by Crippen LogP contribution is -1.95. The number of hydrogen-bond donors (Lipinski definition) is 0. The van der Waals surface area contributed by atoms with Crippen LogP contribution < -0.4 is 0 Å². The van der Waals surface area contributed by atoms with E-state index in [4.69, 9.17) is 0 Å². The molecular formula is C23H16. The quantitative estimate of drug-likeness (QED) is 0.492. The molecule has 0 amide bonds. The summed E-state index contributed by atoms with van der Waals surface area (Å²) in [7, 11) is 0. The Kier molecular flexibility index (Phi) is 3.59. The molecule has 2 aliphatic rings. The molecule has 0 heteroatoms. The highest BCUT2D eigenvalue weighted by molar-refractivity contribution is 5.57. The zero-order valence-corrected chi connectivity index (χ0v) is 12.8. The van der Waals surface area contributed by atoms with Crippen molar-refractivity contribution < 1.29 is 0 Å². The Morgan fingerprint density at radius 3 is 1.43 bits per heavy atom. The van der Waals surface area contributed by atoms with Gasteiger partial charge in [-0.2, -0.15) is 0 Å². The van der Waals surface area contributed by atoms with Crippen LogP contribution in [0.1, 0.15) is 17.5 Å². The molecule has 2 unspecified atom stereocenters. The molecule has 2 aromatic carbocycles. The molecule has 2 bridgehead atoms. The van der Waals surface area contributed by atoms with Crippen LogP contribution in [-0.2, 0) is 0 Å². The van der Waals surface area contributed by atoms with Crippen LogP contribution >= 0.6 is 0 Å². The van der Waals surface area contributed by atoms with E-state index < -0.39 is 0 Å². The first-order chi connectivity index (χ1) is 11.4. The van der Waals surface area contributed by atoms with Crippen LogP contribution in [0.5, 0.6) is 0 Å². The minimum Gasteiger partial charge on any atom is -0.0796 e. The standard InChI is InChI=1S/C23H16/c1-3-7-18(8-4-1)11-15-22-20-13-14-21(17-20)23(22)16-12-19-9-5-2-6-10-19/h1-10,13-14,20-21H,17H2. The smallest absolute Gasteiger partial charge is 0.0248 e. The van der Waals surface area contributed by atoms with E-state index in [1.54, 1.807) is 0 Å². The zero-order chi connectivity index (χ0) is 15.5. The molecule has 4 rings (SSSR count). The summed E-state index contributed by atoms with van der Waals surface area (Å²) in [4.78, 5) is 0. The monoisotopic (exact) mass is 292 g/mol. The molecule has 0 fully saturated rings. The number of allylic oxidation sites excluding steroid dienone is 4. The SMILES string of the molecule is C(#Cc1ccccc1)C1=C(C#Cc2ccccc2)C2C=CC1C2. The van der Waals surface area contributed by atoms with E-state index in [0.29, 0.717) is 11.8 Å². The molecule has 2 aromatic rings. The minimum atomic E-state index is 0.455. The fraction of sp³-hybridized carbons (Fsp3) is 0.130. The maximum atomic E-state index is 3.39. The van der Waals surface area contributed by atoms with Gasteiger partial charge in [0.25, 0.3) is 0 Å². The second kappa shape index (κ2) is 6.04. The van der Waals surface area contributed by atoms with Crippen molar-refractivity contribution in [2.45, 2.75) is 6.42 Å². The van der Waals surface area contributed by atoms with E-state index in [0.717, 1.165) is 17.5 Å². The summed E-state index contributed by atoms with van der Waals surface area (Å²) in [5.74, 6) is 14.3. The molecule has 0 heterocycles. The molecule has 0 saturated heterocycles. The van der Waals surface area contributed by atoms with E-state index in [2.05, 4.69) is 35.8 Å². The lowest BCUT2D eigenvalue weighted by atomic mass is 9.97. The maximum Gasteiger partial charge on any atom is 0.0248 e. The third-order valence-electron chi connectivity index (χ3n) is 4.35. The third kappa shape index (κ3) is 2.85. The van der Waals surface area contributed by atoms with Crippen molar-refractivity contribution in [2.75, 3.05) is 0 Å². The van der Waals surface area contributed by atoms with E-state index >= 15 is 0 Å². The van der Waals surface area contributed by atoms with Gasteiger partial charge in [0.15, 0.2) is 0 Å². The van der Waals surface area contributed by atoms with Gasteiger partial charge in [-0.15, -0.1) is 0 Å². The first-order valence-electron chi connectivity index (χ1n) is 7.97. The van der Waals surface area contributed by atoms with Crippen LogP contribution in [0, 0.1) is 35.5 Å². The lowest BCUT2D eigenvalue weighted by molar-refractivity contribution is 0.716. The molecule has 0 spiro atoms.